The van der Waals surface area contributed by atoms with Gasteiger partial charge in [-0.25, -0.2) is 8.42 Å². The molecule has 0 amide bonds. The van der Waals surface area contributed by atoms with Crippen molar-refractivity contribution in [1.82, 2.24) is 4.31 Å². The Hall–Kier alpha value is -0.900. The zero-order valence-corrected chi connectivity index (χ0v) is 9.81. The number of sulfonamides is 1. The summed E-state index contributed by atoms with van der Waals surface area (Å²) in [6.45, 7) is 0. The Labute approximate surface area is 92.8 Å². The highest BCUT2D eigenvalue weighted by atomic mass is 32.2. The summed E-state index contributed by atoms with van der Waals surface area (Å²) >= 11 is 1.02. The molecular formula is C9H10N2O2S2. The van der Waals surface area contributed by atoms with Gasteiger partial charge in [0, 0.05) is 13.1 Å². The molecule has 1 aliphatic rings. The van der Waals surface area contributed by atoms with Gasteiger partial charge in [0.15, 0.2) is 0 Å². The smallest absolute Gasteiger partial charge is 0.206 e. The van der Waals surface area contributed by atoms with Crippen LogP contribution in [-0.4, -0.2) is 25.8 Å². The lowest BCUT2D eigenvalue weighted by molar-refractivity contribution is 0.466. The van der Waals surface area contributed by atoms with Crippen molar-refractivity contribution in [2.45, 2.75) is 23.1 Å². The van der Waals surface area contributed by atoms with E-state index in [9.17, 15) is 8.42 Å². The minimum absolute atomic E-state index is 0.155. The molecule has 6 heteroatoms. The van der Waals surface area contributed by atoms with E-state index in [-0.39, 0.29) is 10.3 Å². The molecule has 0 N–H and O–H groups in total. The van der Waals surface area contributed by atoms with Gasteiger partial charge >= 0.3 is 0 Å². The zero-order valence-electron chi connectivity index (χ0n) is 8.17. The minimum Gasteiger partial charge on any atom is -0.206 e. The Morgan fingerprint density at radius 1 is 1.53 bits per heavy atom. The number of thiophene rings is 1. The normalized spacial score (nSPS) is 16.6. The van der Waals surface area contributed by atoms with Gasteiger partial charge in [-0.15, -0.1) is 11.3 Å². The Kier molecular flexibility index (Phi) is 2.54. The molecule has 0 bridgehead atoms. The Morgan fingerprint density at radius 2 is 2.20 bits per heavy atom. The van der Waals surface area contributed by atoms with E-state index in [1.165, 1.54) is 16.4 Å². The molecule has 80 valence electrons. The summed E-state index contributed by atoms with van der Waals surface area (Å²) in [7, 11) is -1.77. The van der Waals surface area contributed by atoms with Gasteiger partial charge in [0.25, 0.3) is 10.0 Å². The fourth-order valence-electron chi connectivity index (χ4n) is 1.30. The van der Waals surface area contributed by atoms with Gasteiger partial charge in [-0.1, -0.05) is 0 Å². The van der Waals surface area contributed by atoms with Crippen LogP contribution in [0.1, 0.15) is 17.7 Å². The van der Waals surface area contributed by atoms with E-state index in [0.29, 0.717) is 4.88 Å². The van der Waals surface area contributed by atoms with Gasteiger partial charge in [0.05, 0.1) is 0 Å². The maximum Gasteiger partial charge on any atom is 0.252 e. The topological polar surface area (TPSA) is 61.2 Å². The lowest BCUT2D eigenvalue weighted by atomic mass is 10.5. The molecule has 0 aliphatic heterocycles. The lowest BCUT2D eigenvalue weighted by Gasteiger charge is -2.14. The van der Waals surface area contributed by atoms with Gasteiger partial charge in [-0.05, 0) is 25.0 Å². The molecule has 1 fully saturated rings. The molecule has 0 unspecified atom stereocenters. The molecule has 0 spiro atoms. The van der Waals surface area contributed by atoms with Crippen molar-refractivity contribution in [1.29, 1.82) is 5.26 Å². The Bertz CT molecular complexity index is 508. The van der Waals surface area contributed by atoms with E-state index >= 15 is 0 Å². The van der Waals surface area contributed by atoms with Crippen LogP contribution < -0.4 is 0 Å². The molecule has 15 heavy (non-hydrogen) atoms. The van der Waals surface area contributed by atoms with Crippen molar-refractivity contribution in [2.75, 3.05) is 7.05 Å². The highest BCUT2D eigenvalue weighted by Crippen LogP contribution is 2.32. The van der Waals surface area contributed by atoms with Gasteiger partial charge < -0.3 is 0 Å². The molecular weight excluding hydrogens is 232 g/mol. The standard InChI is InChI=1S/C9H10N2O2S2/c1-11(7-2-3-7)15(12,13)9-5-4-8(6-10)14-9/h4-5,7H,2-3H2,1H3. The van der Waals surface area contributed by atoms with Crippen molar-refractivity contribution < 1.29 is 8.42 Å². The SMILES string of the molecule is CN(C1CC1)S(=O)(=O)c1ccc(C#N)s1. The fourth-order valence-corrected chi connectivity index (χ4v) is 4.00. The third-order valence-electron chi connectivity index (χ3n) is 2.39. The average molecular weight is 242 g/mol. The van der Waals surface area contributed by atoms with Crippen molar-refractivity contribution in [3.63, 3.8) is 0 Å². The number of nitrogens with zero attached hydrogens (tertiary/aromatic N) is 2. The van der Waals surface area contributed by atoms with Crippen molar-refractivity contribution in [3.8, 4) is 6.07 Å². The van der Waals surface area contributed by atoms with Crippen LogP contribution in [0.5, 0.6) is 0 Å². The third kappa shape index (κ3) is 1.91. The van der Waals surface area contributed by atoms with E-state index in [0.717, 1.165) is 24.2 Å². The molecule has 1 saturated carbocycles. The predicted octanol–water partition coefficient (Wildman–Crippen LogP) is 1.40. The zero-order chi connectivity index (χ0) is 11.1. The van der Waals surface area contributed by atoms with E-state index in [1.807, 2.05) is 6.07 Å². The molecule has 2 rings (SSSR count). The summed E-state index contributed by atoms with van der Waals surface area (Å²) in [5.41, 5.74) is 0. The summed E-state index contributed by atoms with van der Waals surface area (Å²) in [5.74, 6) is 0. The first-order valence-corrected chi connectivity index (χ1v) is 6.79. The number of hydrogen-bond donors (Lipinski definition) is 0. The van der Waals surface area contributed by atoms with Gasteiger partial charge in [0.2, 0.25) is 0 Å². The largest absolute Gasteiger partial charge is 0.252 e. The number of rotatable bonds is 3. The van der Waals surface area contributed by atoms with Crippen LogP contribution in [0.4, 0.5) is 0 Å². The first-order valence-electron chi connectivity index (χ1n) is 4.53. The molecule has 0 saturated heterocycles. The molecule has 1 aliphatic carbocycles. The maximum absolute atomic E-state index is 12.0. The van der Waals surface area contributed by atoms with E-state index < -0.39 is 10.0 Å². The van der Waals surface area contributed by atoms with Crippen molar-refractivity contribution in [2.24, 2.45) is 0 Å². The van der Waals surface area contributed by atoms with E-state index in [4.69, 9.17) is 5.26 Å². The second kappa shape index (κ2) is 3.59. The predicted molar refractivity (Wildman–Crippen MR) is 57.0 cm³/mol. The summed E-state index contributed by atoms with van der Waals surface area (Å²) in [4.78, 5) is 0.428. The highest BCUT2D eigenvalue weighted by Gasteiger charge is 2.35. The van der Waals surface area contributed by atoms with E-state index in [1.54, 1.807) is 7.05 Å². The Morgan fingerprint density at radius 3 is 2.67 bits per heavy atom. The summed E-state index contributed by atoms with van der Waals surface area (Å²) in [5, 5.41) is 8.63. The first kappa shape index (κ1) is 10.6. The molecule has 1 aromatic heterocycles. The minimum atomic E-state index is -3.36. The van der Waals surface area contributed by atoms with Crippen LogP contribution in [0.25, 0.3) is 0 Å². The number of hydrogen-bond acceptors (Lipinski definition) is 4. The van der Waals surface area contributed by atoms with E-state index in [2.05, 4.69) is 0 Å². The third-order valence-corrected chi connectivity index (χ3v) is 5.75. The van der Waals surface area contributed by atoms with Crippen LogP contribution in [0, 0.1) is 11.3 Å². The average Bonchev–Trinajstić information content (AvgIpc) is 2.93. The highest BCUT2D eigenvalue weighted by molar-refractivity contribution is 7.91. The molecule has 0 aromatic carbocycles. The molecule has 1 aromatic rings. The van der Waals surface area contributed by atoms with Crippen LogP contribution in [0.3, 0.4) is 0 Å². The number of nitriles is 1. The van der Waals surface area contributed by atoms with Gasteiger partial charge in [-0.2, -0.15) is 9.57 Å². The molecule has 0 atom stereocenters. The maximum atomic E-state index is 12.0. The Balaban J connectivity index is 2.32. The van der Waals surface area contributed by atoms with Crippen molar-refractivity contribution in [3.05, 3.63) is 17.0 Å². The van der Waals surface area contributed by atoms with Crippen LogP contribution in [-0.2, 0) is 10.0 Å². The molecule has 1 heterocycles. The fraction of sp³-hybridized carbons (Fsp3) is 0.444. The van der Waals surface area contributed by atoms with Gasteiger partial charge in [0.1, 0.15) is 15.2 Å². The molecule has 0 radical (unpaired) electrons. The van der Waals surface area contributed by atoms with Crippen LogP contribution in [0.2, 0.25) is 0 Å². The lowest BCUT2D eigenvalue weighted by Crippen LogP contribution is -2.28. The molecule has 4 nitrogen and oxygen atoms in total. The monoisotopic (exact) mass is 242 g/mol. The second-order valence-corrected chi connectivity index (χ2v) is 6.79. The summed E-state index contributed by atoms with van der Waals surface area (Å²) < 4.78 is 25.6. The quantitative estimate of drug-likeness (QED) is 0.805. The summed E-state index contributed by atoms with van der Waals surface area (Å²) in [6.07, 6.45) is 1.87. The summed E-state index contributed by atoms with van der Waals surface area (Å²) in [6, 6.07) is 5.13. The van der Waals surface area contributed by atoms with Gasteiger partial charge in [-0.3, -0.25) is 0 Å². The first-order chi connectivity index (χ1) is 7.05. The second-order valence-electron chi connectivity index (χ2n) is 3.48. The van der Waals surface area contributed by atoms with Crippen LogP contribution in [0.15, 0.2) is 16.3 Å². The van der Waals surface area contributed by atoms with Crippen LogP contribution >= 0.6 is 11.3 Å². The van der Waals surface area contributed by atoms with Crippen molar-refractivity contribution >= 4 is 21.4 Å².